The largest absolute Gasteiger partial charge is 0.366 e. The molecule has 1 aliphatic heterocycles. The van der Waals surface area contributed by atoms with Crippen LogP contribution in [0.15, 0.2) is 24.3 Å². The average molecular weight is 260 g/mol. The van der Waals surface area contributed by atoms with Gasteiger partial charge in [0, 0.05) is 30.9 Å². The summed E-state index contributed by atoms with van der Waals surface area (Å²) in [5, 5.41) is 3.63. The summed E-state index contributed by atoms with van der Waals surface area (Å²) in [7, 11) is 0. The SMILES string of the molecule is CCC1CN(c2ccccc2C(C)(C)C)C(C)CN1. The molecule has 2 atom stereocenters. The van der Waals surface area contributed by atoms with E-state index in [0.29, 0.717) is 12.1 Å². The van der Waals surface area contributed by atoms with Gasteiger partial charge < -0.3 is 10.2 Å². The van der Waals surface area contributed by atoms with E-state index in [1.54, 1.807) is 0 Å². The number of anilines is 1. The molecule has 0 spiro atoms. The van der Waals surface area contributed by atoms with E-state index < -0.39 is 0 Å². The van der Waals surface area contributed by atoms with Crippen molar-refractivity contribution in [2.24, 2.45) is 0 Å². The molecule has 0 saturated carbocycles. The predicted molar refractivity (Wildman–Crippen MR) is 84.0 cm³/mol. The van der Waals surface area contributed by atoms with E-state index >= 15 is 0 Å². The van der Waals surface area contributed by atoms with E-state index in [4.69, 9.17) is 0 Å². The molecule has 2 rings (SSSR count). The van der Waals surface area contributed by atoms with E-state index in [2.05, 4.69) is 69.1 Å². The van der Waals surface area contributed by atoms with E-state index in [-0.39, 0.29) is 5.41 Å². The van der Waals surface area contributed by atoms with Crippen LogP contribution in [0.1, 0.15) is 46.6 Å². The van der Waals surface area contributed by atoms with Gasteiger partial charge in [-0.25, -0.2) is 0 Å². The van der Waals surface area contributed by atoms with E-state index in [1.165, 1.54) is 17.7 Å². The fraction of sp³-hybridized carbons (Fsp3) is 0.647. The Morgan fingerprint density at radius 2 is 1.95 bits per heavy atom. The third kappa shape index (κ3) is 3.11. The molecule has 2 unspecified atom stereocenters. The number of piperazine rings is 1. The molecule has 2 heteroatoms. The summed E-state index contributed by atoms with van der Waals surface area (Å²) >= 11 is 0. The highest BCUT2D eigenvalue weighted by atomic mass is 15.2. The van der Waals surface area contributed by atoms with E-state index in [9.17, 15) is 0 Å². The number of hydrogen-bond donors (Lipinski definition) is 1. The van der Waals surface area contributed by atoms with Gasteiger partial charge in [-0.1, -0.05) is 45.9 Å². The van der Waals surface area contributed by atoms with Crippen molar-refractivity contribution in [3.63, 3.8) is 0 Å². The highest BCUT2D eigenvalue weighted by Gasteiger charge is 2.28. The van der Waals surface area contributed by atoms with Gasteiger partial charge in [-0.05, 0) is 30.4 Å². The van der Waals surface area contributed by atoms with Gasteiger partial charge in [0.05, 0.1) is 0 Å². The molecule has 1 aromatic rings. The summed E-state index contributed by atoms with van der Waals surface area (Å²) < 4.78 is 0. The minimum Gasteiger partial charge on any atom is -0.366 e. The number of nitrogens with zero attached hydrogens (tertiary/aromatic N) is 1. The van der Waals surface area contributed by atoms with Gasteiger partial charge >= 0.3 is 0 Å². The van der Waals surface area contributed by atoms with Crippen molar-refractivity contribution in [1.82, 2.24) is 5.32 Å². The Hall–Kier alpha value is -1.02. The first-order valence-electron chi connectivity index (χ1n) is 7.53. The normalized spacial score (nSPS) is 24.6. The maximum absolute atomic E-state index is 3.63. The van der Waals surface area contributed by atoms with Crippen LogP contribution in [0.5, 0.6) is 0 Å². The van der Waals surface area contributed by atoms with Gasteiger partial charge in [0.1, 0.15) is 0 Å². The Bertz CT molecular complexity index is 420. The number of rotatable bonds is 2. The average Bonchev–Trinajstić information content (AvgIpc) is 2.38. The fourth-order valence-electron chi connectivity index (χ4n) is 2.90. The van der Waals surface area contributed by atoms with Crippen LogP contribution in [0.25, 0.3) is 0 Å². The number of benzene rings is 1. The van der Waals surface area contributed by atoms with Gasteiger partial charge in [-0.15, -0.1) is 0 Å². The van der Waals surface area contributed by atoms with Crippen LogP contribution in [-0.4, -0.2) is 25.2 Å². The van der Waals surface area contributed by atoms with Crippen LogP contribution >= 0.6 is 0 Å². The molecule has 0 aliphatic carbocycles. The summed E-state index contributed by atoms with van der Waals surface area (Å²) in [5.41, 5.74) is 3.07. The number of para-hydroxylation sites is 1. The zero-order chi connectivity index (χ0) is 14.0. The lowest BCUT2D eigenvalue weighted by Gasteiger charge is -2.42. The lowest BCUT2D eigenvalue weighted by atomic mass is 9.85. The Labute approximate surface area is 118 Å². The monoisotopic (exact) mass is 260 g/mol. The van der Waals surface area contributed by atoms with Crippen LogP contribution in [0.2, 0.25) is 0 Å². The second-order valence-electron chi connectivity index (χ2n) is 6.78. The molecule has 2 nitrogen and oxygen atoms in total. The second kappa shape index (κ2) is 5.54. The fourth-order valence-corrected chi connectivity index (χ4v) is 2.90. The van der Waals surface area contributed by atoms with Crippen molar-refractivity contribution in [3.05, 3.63) is 29.8 Å². The summed E-state index contributed by atoms with van der Waals surface area (Å²) in [6.45, 7) is 13.7. The smallest absolute Gasteiger partial charge is 0.0407 e. The summed E-state index contributed by atoms with van der Waals surface area (Å²) in [5.74, 6) is 0. The third-order valence-electron chi connectivity index (χ3n) is 4.17. The molecular weight excluding hydrogens is 232 g/mol. The lowest BCUT2D eigenvalue weighted by molar-refractivity contribution is 0.395. The molecule has 1 aromatic carbocycles. The van der Waals surface area contributed by atoms with Crippen molar-refractivity contribution in [3.8, 4) is 0 Å². The molecule has 0 radical (unpaired) electrons. The Balaban J connectivity index is 2.35. The van der Waals surface area contributed by atoms with Crippen molar-refractivity contribution in [2.75, 3.05) is 18.0 Å². The zero-order valence-electron chi connectivity index (χ0n) is 13.0. The Morgan fingerprint density at radius 1 is 1.26 bits per heavy atom. The third-order valence-corrected chi connectivity index (χ3v) is 4.17. The molecule has 1 heterocycles. The molecule has 0 bridgehead atoms. The van der Waals surface area contributed by atoms with Crippen LogP contribution < -0.4 is 10.2 Å². The molecule has 106 valence electrons. The van der Waals surface area contributed by atoms with Gasteiger partial charge in [0.15, 0.2) is 0 Å². The van der Waals surface area contributed by atoms with E-state index in [1.807, 2.05) is 0 Å². The van der Waals surface area contributed by atoms with E-state index in [0.717, 1.165) is 13.1 Å². The molecule has 1 saturated heterocycles. The number of nitrogens with one attached hydrogen (secondary N) is 1. The molecule has 1 aliphatic rings. The minimum atomic E-state index is 0.197. The minimum absolute atomic E-state index is 0.197. The van der Waals surface area contributed by atoms with Gasteiger partial charge in [-0.2, -0.15) is 0 Å². The van der Waals surface area contributed by atoms with Crippen molar-refractivity contribution in [2.45, 2.75) is 58.5 Å². The Morgan fingerprint density at radius 3 is 2.58 bits per heavy atom. The van der Waals surface area contributed by atoms with Gasteiger partial charge in [0.2, 0.25) is 0 Å². The first-order chi connectivity index (χ1) is 8.93. The van der Waals surface area contributed by atoms with Crippen molar-refractivity contribution < 1.29 is 0 Å². The molecule has 1 N–H and O–H groups in total. The van der Waals surface area contributed by atoms with Crippen LogP contribution in [-0.2, 0) is 5.41 Å². The maximum Gasteiger partial charge on any atom is 0.0407 e. The van der Waals surface area contributed by atoms with Crippen molar-refractivity contribution >= 4 is 5.69 Å². The summed E-state index contributed by atoms with van der Waals surface area (Å²) in [6.07, 6.45) is 1.20. The second-order valence-corrected chi connectivity index (χ2v) is 6.78. The predicted octanol–water partition coefficient (Wildman–Crippen LogP) is 3.56. The summed E-state index contributed by atoms with van der Waals surface area (Å²) in [4.78, 5) is 2.59. The molecular formula is C17H28N2. The molecule has 19 heavy (non-hydrogen) atoms. The first kappa shape index (κ1) is 14.4. The Kier molecular flexibility index (Phi) is 4.19. The van der Waals surface area contributed by atoms with Gasteiger partial charge in [-0.3, -0.25) is 0 Å². The molecule has 0 amide bonds. The quantitative estimate of drug-likeness (QED) is 0.874. The number of hydrogen-bond acceptors (Lipinski definition) is 2. The maximum atomic E-state index is 3.63. The van der Waals surface area contributed by atoms with Crippen LogP contribution in [0.4, 0.5) is 5.69 Å². The zero-order valence-corrected chi connectivity index (χ0v) is 13.0. The first-order valence-corrected chi connectivity index (χ1v) is 7.53. The standard InChI is InChI=1S/C17H28N2/c1-6-14-12-19(13(2)11-18-14)16-10-8-7-9-15(16)17(3,4)5/h7-10,13-14,18H,6,11-12H2,1-5H3. The van der Waals surface area contributed by atoms with Crippen molar-refractivity contribution in [1.29, 1.82) is 0 Å². The highest BCUT2D eigenvalue weighted by Crippen LogP contribution is 2.33. The van der Waals surface area contributed by atoms with Gasteiger partial charge in [0.25, 0.3) is 0 Å². The topological polar surface area (TPSA) is 15.3 Å². The summed E-state index contributed by atoms with van der Waals surface area (Å²) in [6, 6.07) is 10.1. The lowest BCUT2D eigenvalue weighted by Crippen LogP contribution is -2.55. The van der Waals surface area contributed by atoms with Crippen LogP contribution in [0.3, 0.4) is 0 Å². The molecule has 1 fully saturated rings. The molecule has 0 aromatic heterocycles. The highest BCUT2D eigenvalue weighted by molar-refractivity contribution is 5.57. The van der Waals surface area contributed by atoms with Crippen LogP contribution in [0, 0.1) is 0 Å².